The summed E-state index contributed by atoms with van der Waals surface area (Å²) in [4.78, 5) is 21.4. The van der Waals surface area contributed by atoms with Gasteiger partial charge in [-0.05, 0) is 25.0 Å². The molecule has 0 spiro atoms. The molecular weight excluding hydrogens is 448 g/mol. The van der Waals surface area contributed by atoms with Gasteiger partial charge in [-0.25, -0.2) is 23.1 Å². The van der Waals surface area contributed by atoms with E-state index in [1.807, 2.05) is 6.07 Å². The molecule has 1 aliphatic carbocycles. The molecule has 1 aliphatic rings. The Hall–Kier alpha value is -3.23. The van der Waals surface area contributed by atoms with Crippen LogP contribution in [0.2, 0.25) is 0 Å². The van der Waals surface area contributed by atoms with Crippen LogP contribution >= 0.6 is 11.3 Å². The number of anilines is 2. The van der Waals surface area contributed by atoms with E-state index in [4.69, 9.17) is 6.42 Å². The third-order valence-electron chi connectivity index (χ3n) is 4.78. The van der Waals surface area contributed by atoms with E-state index < -0.39 is 21.3 Å². The van der Waals surface area contributed by atoms with Crippen LogP contribution in [-0.4, -0.2) is 34.5 Å². The first-order valence-corrected chi connectivity index (χ1v) is 12.2. The van der Waals surface area contributed by atoms with Crippen molar-refractivity contribution in [2.75, 3.05) is 5.32 Å². The topological polar surface area (TPSA) is 130 Å². The third-order valence-corrected chi connectivity index (χ3v) is 7.68. The zero-order chi connectivity index (χ0) is 23.1. The summed E-state index contributed by atoms with van der Waals surface area (Å²) in [6, 6.07) is 4.93. The normalized spacial score (nSPS) is 14.1. The molecule has 0 aromatic carbocycles. The second-order valence-corrected chi connectivity index (χ2v) is 11.5. The van der Waals surface area contributed by atoms with E-state index in [0.29, 0.717) is 33.8 Å². The van der Waals surface area contributed by atoms with Crippen LogP contribution in [0, 0.1) is 17.8 Å². The molecule has 0 saturated heterocycles. The number of sulfonamides is 1. The van der Waals surface area contributed by atoms with Crippen molar-refractivity contribution in [3.63, 3.8) is 0 Å². The minimum absolute atomic E-state index is 0. The summed E-state index contributed by atoms with van der Waals surface area (Å²) in [7, 11) is -4.00. The number of terminal acetylenes is 1. The summed E-state index contributed by atoms with van der Waals surface area (Å²) in [5.74, 6) is 3.76. The fraction of sp³-hybridized carbons (Fsp3) is 0.333. The van der Waals surface area contributed by atoms with E-state index in [-0.39, 0.29) is 8.49 Å². The smallest absolute Gasteiger partial charge is 0.273 e. The SMILES string of the molecule is C#Cc1cnc(-c2ccc(S(=O)(=O)NC(=O)C(C)(C)C)s2)nc1Nc1cc(C2CC2)[nH]n1.[HH].[HH].[HH]. The van der Waals surface area contributed by atoms with E-state index >= 15 is 0 Å². The minimum atomic E-state index is -4.00. The van der Waals surface area contributed by atoms with Crippen molar-refractivity contribution in [2.45, 2.75) is 43.7 Å². The molecule has 9 nitrogen and oxygen atoms in total. The molecular formula is C21H28N6O3S2. The minimum Gasteiger partial charge on any atom is -0.322 e. The Morgan fingerprint density at radius 1 is 1.34 bits per heavy atom. The highest BCUT2D eigenvalue weighted by atomic mass is 32.2. The lowest BCUT2D eigenvalue weighted by atomic mass is 9.96. The number of nitrogens with one attached hydrogen (secondary N) is 3. The van der Waals surface area contributed by atoms with Crippen LogP contribution in [0.5, 0.6) is 0 Å². The predicted octanol–water partition coefficient (Wildman–Crippen LogP) is 4.12. The molecule has 0 unspecified atom stereocenters. The van der Waals surface area contributed by atoms with Crippen LogP contribution in [0.1, 0.15) is 55.1 Å². The van der Waals surface area contributed by atoms with Gasteiger partial charge in [-0.15, -0.1) is 17.8 Å². The van der Waals surface area contributed by atoms with Gasteiger partial charge in [0.25, 0.3) is 10.0 Å². The summed E-state index contributed by atoms with van der Waals surface area (Å²) in [6.07, 6.45) is 9.37. The molecule has 172 valence electrons. The van der Waals surface area contributed by atoms with E-state index in [0.717, 1.165) is 29.9 Å². The number of carbonyl (C=O) groups is 1. The van der Waals surface area contributed by atoms with Gasteiger partial charge in [0.1, 0.15) is 4.21 Å². The molecule has 1 fully saturated rings. The molecule has 0 bridgehead atoms. The highest BCUT2D eigenvalue weighted by Crippen LogP contribution is 2.39. The van der Waals surface area contributed by atoms with Crippen LogP contribution in [-0.2, 0) is 14.8 Å². The lowest BCUT2D eigenvalue weighted by Crippen LogP contribution is -2.38. The molecule has 3 aromatic rings. The van der Waals surface area contributed by atoms with Crippen molar-refractivity contribution in [3.8, 4) is 23.0 Å². The van der Waals surface area contributed by atoms with Gasteiger partial charge in [-0.1, -0.05) is 26.7 Å². The Labute approximate surface area is 194 Å². The van der Waals surface area contributed by atoms with Crippen LogP contribution in [0.25, 0.3) is 10.7 Å². The van der Waals surface area contributed by atoms with Crippen molar-refractivity contribution in [3.05, 3.63) is 35.7 Å². The average Bonchev–Trinajstić information content (AvgIpc) is 3.25. The number of aromatic nitrogens is 4. The van der Waals surface area contributed by atoms with Gasteiger partial charge in [0.05, 0.1) is 10.4 Å². The van der Waals surface area contributed by atoms with Gasteiger partial charge in [-0.3, -0.25) is 9.89 Å². The maximum Gasteiger partial charge on any atom is 0.273 e. The first-order chi connectivity index (χ1) is 15.1. The zero-order valence-corrected chi connectivity index (χ0v) is 19.4. The third kappa shape index (κ3) is 4.66. The van der Waals surface area contributed by atoms with Crippen molar-refractivity contribution < 1.29 is 17.5 Å². The number of aromatic amines is 1. The highest BCUT2D eigenvalue weighted by molar-refractivity contribution is 7.92. The Morgan fingerprint density at radius 3 is 2.75 bits per heavy atom. The van der Waals surface area contributed by atoms with Crippen molar-refractivity contribution in [2.24, 2.45) is 5.41 Å². The first-order valence-electron chi connectivity index (χ1n) is 9.90. The predicted molar refractivity (Wildman–Crippen MR) is 128 cm³/mol. The molecule has 32 heavy (non-hydrogen) atoms. The fourth-order valence-corrected chi connectivity index (χ4v) is 5.15. The number of carbonyl (C=O) groups excluding carboxylic acids is 1. The second kappa shape index (κ2) is 8.03. The molecule has 1 amide bonds. The Morgan fingerprint density at radius 2 is 2.09 bits per heavy atom. The van der Waals surface area contributed by atoms with Gasteiger partial charge < -0.3 is 5.32 Å². The summed E-state index contributed by atoms with van der Waals surface area (Å²) in [5.41, 5.74) is 0.675. The fourth-order valence-electron chi connectivity index (χ4n) is 2.74. The van der Waals surface area contributed by atoms with E-state index in [2.05, 4.69) is 36.1 Å². The van der Waals surface area contributed by atoms with Gasteiger partial charge in [0.15, 0.2) is 17.5 Å². The molecule has 0 atom stereocenters. The average molecular weight is 477 g/mol. The lowest BCUT2D eigenvalue weighted by molar-refractivity contribution is -0.126. The van der Waals surface area contributed by atoms with Crippen LogP contribution < -0.4 is 10.0 Å². The molecule has 3 aromatic heterocycles. The monoisotopic (exact) mass is 476 g/mol. The highest BCUT2D eigenvalue weighted by Gasteiger charge is 2.28. The number of H-pyrrole nitrogens is 1. The summed E-state index contributed by atoms with van der Waals surface area (Å²) in [5, 5.41) is 10.4. The molecule has 0 aliphatic heterocycles. The van der Waals surface area contributed by atoms with Crippen LogP contribution in [0.4, 0.5) is 11.6 Å². The van der Waals surface area contributed by atoms with Gasteiger partial charge in [0.2, 0.25) is 5.91 Å². The summed E-state index contributed by atoms with van der Waals surface area (Å²) >= 11 is 0.961. The Bertz CT molecular complexity index is 1340. The van der Waals surface area contributed by atoms with Gasteiger partial charge in [0, 0.05) is 33.6 Å². The van der Waals surface area contributed by atoms with Crippen molar-refractivity contribution in [1.29, 1.82) is 0 Å². The quantitative estimate of drug-likeness (QED) is 0.456. The molecule has 1 saturated carbocycles. The number of hydrogen-bond donors (Lipinski definition) is 3. The molecule has 4 rings (SSSR count). The lowest BCUT2D eigenvalue weighted by Gasteiger charge is -2.16. The summed E-state index contributed by atoms with van der Waals surface area (Å²) < 4.78 is 27.3. The Kier molecular flexibility index (Phi) is 5.52. The van der Waals surface area contributed by atoms with Crippen LogP contribution in [0.3, 0.4) is 0 Å². The first kappa shape index (κ1) is 22.0. The molecule has 3 heterocycles. The van der Waals surface area contributed by atoms with Gasteiger partial charge in [-0.2, -0.15) is 5.10 Å². The number of rotatable bonds is 6. The molecule has 0 radical (unpaired) electrons. The largest absolute Gasteiger partial charge is 0.322 e. The molecule has 11 heteroatoms. The maximum atomic E-state index is 12.6. The van der Waals surface area contributed by atoms with Crippen LogP contribution in [0.15, 0.2) is 28.6 Å². The zero-order valence-electron chi connectivity index (χ0n) is 17.8. The number of amides is 1. The van der Waals surface area contributed by atoms with Gasteiger partial charge >= 0.3 is 0 Å². The van der Waals surface area contributed by atoms with E-state index in [9.17, 15) is 13.2 Å². The number of thiophene rings is 1. The van der Waals surface area contributed by atoms with Crippen molar-refractivity contribution in [1.82, 2.24) is 24.9 Å². The van der Waals surface area contributed by atoms with E-state index in [1.54, 1.807) is 26.8 Å². The van der Waals surface area contributed by atoms with E-state index in [1.165, 1.54) is 12.3 Å². The second-order valence-electron chi connectivity index (χ2n) is 8.51. The maximum absolute atomic E-state index is 12.6. The van der Waals surface area contributed by atoms with Crippen molar-refractivity contribution >= 4 is 38.9 Å². The summed E-state index contributed by atoms with van der Waals surface area (Å²) in [6.45, 7) is 4.92. The number of hydrogen-bond acceptors (Lipinski definition) is 8. The Balaban J connectivity index is 0.00000204. The number of nitrogens with zero attached hydrogens (tertiary/aromatic N) is 3. The molecule has 3 N–H and O–H groups in total. The standard InChI is InChI=1S/C21H22N6O3S2.3H2/c1-5-12-11-22-19(24-18(12)23-16-10-14(25-26-16)13-6-7-13)15-8-9-17(31-15)32(29,30)27-20(28)21(2,3)4;;;/h1,8-11,13H,6-7H2,2-4H3,(H,27,28)(H2,22,23,24,25,26);3*1H.